The molecule has 3 atom stereocenters. The van der Waals surface area contributed by atoms with E-state index in [2.05, 4.69) is 5.32 Å². The van der Waals surface area contributed by atoms with Crippen molar-refractivity contribution in [2.75, 3.05) is 13.2 Å². The number of nitrogens with one attached hydrogen (secondary N) is 1. The number of hydrogen-bond acceptors (Lipinski definition) is 2. The average Bonchev–Trinajstić information content (AvgIpc) is 2.86. The highest BCUT2D eigenvalue weighted by molar-refractivity contribution is 5.02. The minimum Gasteiger partial charge on any atom is -0.381 e. The fourth-order valence-corrected chi connectivity index (χ4v) is 3.08. The summed E-state index contributed by atoms with van der Waals surface area (Å²) in [4.78, 5) is 0. The predicted molar refractivity (Wildman–Crippen MR) is 51.6 cm³/mol. The van der Waals surface area contributed by atoms with Crippen LogP contribution in [0.15, 0.2) is 0 Å². The van der Waals surface area contributed by atoms with E-state index in [9.17, 15) is 0 Å². The number of rotatable bonds is 2. The molecule has 2 heteroatoms. The lowest BCUT2D eigenvalue weighted by atomic mass is 10.1. The normalized spacial score (nSPS) is 44.8. The highest BCUT2D eigenvalue weighted by atomic mass is 16.5. The van der Waals surface area contributed by atoms with Crippen LogP contribution in [0.3, 0.4) is 0 Å². The van der Waals surface area contributed by atoms with Gasteiger partial charge in [0.25, 0.3) is 0 Å². The second-order valence-corrected chi connectivity index (χ2v) is 4.90. The third-order valence-electron chi connectivity index (χ3n) is 4.01. The van der Waals surface area contributed by atoms with Crippen molar-refractivity contribution in [3.05, 3.63) is 0 Å². The molecule has 0 aromatic carbocycles. The largest absolute Gasteiger partial charge is 0.381 e. The molecule has 3 unspecified atom stereocenters. The lowest BCUT2D eigenvalue weighted by molar-refractivity contribution is 0.0742. The molecule has 3 rings (SSSR count). The van der Waals surface area contributed by atoms with Crippen LogP contribution in [0.4, 0.5) is 0 Å². The first-order valence-corrected chi connectivity index (χ1v) is 5.77. The van der Waals surface area contributed by atoms with E-state index < -0.39 is 0 Å². The predicted octanol–water partition coefficient (Wildman–Crippen LogP) is 1.55. The molecule has 1 heterocycles. The summed E-state index contributed by atoms with van der Waals surface area (Å²) < 4.78 is 5.36. The summed E-state index contributed by atoms with van der Waals surface area (Å²) in [5.74, 6) is 2.17. The molecule has 13 heavy (non-hydrogen) atoms. The lowest BCUT2D eigenvalue weighted by Crippen LogP contribution is -2.41. The molecule has 3 aliphatic rings. The van der Waals surface area contributed by atoms with Gasteiger partial charge in [-0.3, -0.25) is 0 Å². The van der Waals surface area contributed by atoms with Gasteiger partial charge in [0.1, 0.15) is 0 Å². The molecule has 0 radical (unpaired) electrons. The monoisotopic (exact) mass is 181 g/mol. The molecule has 0 bridgehead atoms. The molecule has 3 fully saturated rings. The Bertz CT molecular complexity index is 189. The third-order valence-corrected chi connectivity index (χ3v) is 4.01. The number of ether oxygens (including phenoxy) is 1. The lowest BCUT2D eigenvalue weighted by Gasteiger charge is -2.27. The van der Waals surface area contributed by atoms with Crippen LogP contribution in [0.5, 0.6) is 0 Å². The molecule has 1 aliphatic heterocycles. The average molecular weight is 181 g/mol. The fourth-order valence-electron chi connectivity index (χ4n) is 3.08. The Balaban J connectivity index is 1.50. The molecule has 2 nitrogen and oxygen atoms in total. The van der Waals surface area contributed by atoms with E-state index in [1.807, 2.05) is 0 Å². The number of hydrogen-bond donors (Lipinski definition) is 1. The van der Waals surface area contributed by atoms with E-state index in [0.29, 0.717) is 0 Å². The quantitative estimate of drug-likeness (QED) is 0.698. The van der Waals surface area contributed by atoms with Crippen LogP contribution in [-0.2, 0) is 4.74 Å². The van der Waals surface area contributed by atoms with Crippen molar-refractivity contribution in [1.29, 1.82) is 0 Å². The van der Waals surface area contributed by atoms with Gasteiger partial charge in [-0.15, -0.1) is 0 Å². The molecule has 0 spiro atoms. The van der Waals surface area contributed by atoms with E-state index in [0.717, 1.165) is 37.1 Å². The molecule has 0 aromatic rings. The highest BCUT2D eigenvalue weighted by Gasteiger charge is 2.48. The van der Waals surface area contributed by atoms with E-state index in [-0.39, 0.29) is 0 Å². The number of fused-ring (bicyclic) bond motifs is 1. The van der Waals surface area contributed by atoms with Gasteiger partial charge >= 0.3 is 0 Å². The van der Waals surface area contributed by atoms with Gasteiger partial charge in [0.15, 0.2) is 0 Å². The van der Waals surface area contributed by atoms with Gasteiger partial charge < -0.3 is 10.1 Å². The highest BCUT2D eigenvalue weighted by Crippen LogP contribution is 2.51. The molecule has 0 amide bonds. The van der Waals surface area contributed by atoms with Gasteiger partial charge in [-0.1, -0.05) is 0 Å². The first-order valence-electron chi connectivity index (χ1n) is 5.77. The van der Waals surface area contributed by atoms with Crippen LogP contribution >= 0.6 is 0 Å². The summed E-state index contributed by atoms with van der Waals surface area (Å²) in [7, 11) is 0. The van der Waals surface area contributed by atoms with Crippen LogP contribution < -0.4 is 5.32 Å². The van der Waals surface area contributed by atoms with E-state index in [4.69, 9.17) is 4.74 Å². The van der Waals surface area contributed by atoms with Crippen LogP contribution in [0.2, 0.25) is 0 Å². The van der Waals surface area contributed by atoms with Crippen molar-refractivity contribution in [1.82, 2.24) is 5.32 Å². The van der Waals surface area contributed by atoms with E-state index in [1.54, 1.807) is 0 Å². The van der Waals surface area contributed by atoms with Crippen LogP contribution in [-0.4, -0.2) is 25.3 Å². The summed E-state index contributed by atoms with van der Waals surface area (Å²) in [5.41, 5.74) is 0. The minimum atomic E-state index is 0.762. The van der Waals surface area contributed by atoms with Gasteiger partial charge in [-0.05, 0) is 43.9 Å². The van der Waals surface area contributed by atoms with E-state index >= 15 is 0 Å². The third kappa shape index (κ3) is 1.62. The van der Waals surface area contributed by atoms with Crippen molar-refractivity contribution in [3.8, 4) is 0 Å². The zero-order valence-electron chi connectivity index (χ0n) is 8.17. The second-order valence-electron chi connectivity index (χ2n) is 4.90. The Kier molecular flexibility index (Phi) is 2.06. The topological polar surface area (TPSA) is 21.3 Å². The second kappa shape index (κ2) is 3.25. The smallest absolute Gasteiger partial charge is 0.0480 e. The Morgan fingerprint density at radius 2 is 1.85 bits per heavy atom. The molecule has 74 valence electrons. The Morgan fingerprint density at radius 1 is 1.00 bits per heavy atom. The molecule has 2 aliphatic carbocycles. The van der Waals surface area contributed by atoms with E-state index in [1.165, 1.54) is 32.1 Å². The summed E-state index contributed by atoms with van der Waals surface area (Å²) in [6.45, 7) is 1.94. The van der Waals surface area contributed by atoms with Crippen LogP contribution in [0.1, 0.15) is 32.1 Å². The van der Waals surface area contributed by atoms with Crippen molar-refractivity contribution in [3.63, 3.8) is 0 Å². The minimum absolute atomic E-state index is 0.762. The maximum atomic E-state index is 5.36. The van der Waals surface area contributed by atoms with Crippen LogP contribution in [0, 0.1) is 11.8 Å². The van der Waals surface area contributed by atoms with Gasteiger partial charge in [0, 0.05) is 25.3 Å². The van der Waals surface area contributed by atoms with Crippen molar-refractivity contribution >= 4 is 0 Å². The maximum absolute atomic E-state index is 5.36. The van der Waals surface area contributed by atoms with Crippen LogP contribution in [0.25, 0.3) is 0 Å². The zero-order chi connectivity index (χ0) is 8.67. The Hall–Kier alpha value is -0.0800. The summed E-state index contributed by atoms with van der Waals surface area (Å²) in [5, 5.41) is 3.83. The standard InChI is InChI=1S/C11H19NO/c1-2-11(10-7-8(1)10)12-9-3-5-13-6-4-9/h8-12H,1-7H2. The molecule has 0 aromatic heterocycles. The van der Waals surface area contributed by atoms with Gasteiger partial charge in [-0.2, -0.15) is 0 Å². The molecule has 2 saturated carbocycles. The van der Waals surface area contributed by atoms with Gasteiger partial charge in [-0.25, -0.2) is 0 Å². The Morgan fingerprint density at radius 3 is 2.46 bits per heavy atom. The zero-order valence-corrected chi connectivity index (χ0v) is 8.17. The molecular weight excluding hydrogens is 162 g/mol. The first-order chi connectivity index (χ1) is 6.43. The Labute approximate surface area is 80.0 Å². The molecule has 1 saturated heterocycles. The summed E-state index contributed by atoms with van der Waals surface area (Å²) in [6.07, 6.45) is 6.90. The molecule has 1 N–H and O–H groups in total. The van der Waals surface area contributed by atoms with Crippen molar-refractivity contribution in [2.45, 2.75) is 44.2 Å². The first kappa shape index (κ1) is 8.25. The summed E-state index contributed by atoms with van der Waals surface area (Å²) >= 11 is 0. The maximum Gasteiger partial charge on any atom is 0.0480 e. The molecular formula is C11H19NO. The van der Waals surface area contributed by atoms with Gasteiger partial charge in [0.2, 0.25) is 0 Å². The van der Waals surface area contributed by atoms with Gasteiger partial charge in [0.05, 0.1) is 0 Å². The SMILES string of the molecule is C1CC(NC2CCC3CC32)CCO1. The van der Waals surface area contributed by atoms with Crippen molar-refractivity contribution < 1.29 is 4.74 Å². The van der Waals surface area contributed by atoms with Crippen molar-refractivity contribution in [2.24, 2.45) is 11.8 Å². The summed E-state index contributed by atoms with van der Waals surface area (Å²) in [6, 6.07) is 1.63. The fraction of sp³-hybridized carbons (Fsp3) is 1.00.